The molecule has 2 aliphatic heterocycles. The second-order valence-corrected chi connectivity index (χ2v) is 4.20. The van der Waals surface area contributed by atoms with Crippen molar-refractivity contribution in [2.45, 2.75) is 18.3 Å². The van der Waals surface area contributed by atoms with Crippen LogP contribution in [-0.2, 0) is 9.53 Å². The SMILES string of the molecule is NC1=NC2C(N=CN2COC(CO)CCl)C(=O)N1. The van der Waals surface area contributed by atoms with Gasteiger partial charge >= 0.3 is 0 Å². The molecule has 0 aromatic heterocycles. The van der Waals surface area contributed by atoms with Gasteiger partial charge in [0.15, 0.2) is 18.2 Å². The minimum Gasteiger partial charge on any atom is -0.394 e. The maximum Gasteiger partial charge on any atom is 0.255 e. The lowest BCUT2D eigenvalue weighted by molar-refractivity contribution is -0.122. The molecule has 2 aliphatic rings. The van der Waals surface area contributed by atoms with Gasteiger partial charge in [0.2, 0.25) is 0 Å². The molecular formula is C9H14ClN5O3. The third-order valence-electron chi connectivity index (χ3n) is 2.62. The number of carbonyl (C=O) groups excluding carboxylic acids is 1. The van der Waals surface area contributed by atoms with Crippen LogP contribution in [0.25, 0.3) is 0 Å². The lowest BCUT2D eigenvalue weighted by Crippen LogP contribution is -2.54. The summed E-state index contributed by atoms with van der Waals surface area (Å²) in [5, 5.41) is 11.3. The molecule has 18 heavy (non-hydrogen) atoms. The quantitative estimate of drug-likeness (QED) is 0.505. The van der Waals surface area contributed by atoms with Crippen molar-refractivity contribution in [2.24, 2.45) is 15.7 Å². The topological polar surface area (TPSA) is 113 Å². The van der Waals surface area contributed by atoms with Crippen LogP contribution in [-0.4, -0.2) is 65.7 Å². The molecule has 0 bridgehead atoms. The van der Waals surface area contributed by atoms with Gasteiger partial charge in [-0.15, -0.1) is 11.6 Å². The molecule has 3 unspecified atom stereocenters. The standard InChI is InChI=1S/C9H14ClN5O3/c10-1-5(2-16)18-4-15-3-12-6-7(15)13-9(11)14-8(6)17/h3,5-7,16H,1-2,4H2,(H3,11,13,14,17). The van der Waals surface area contributed by atoms with E-state index in [2.05, 4.69) is 15.3 Å². The van der Waals surface area contributed by atoms with Crippen LogP contribution >= 0.6 is 11.6 Å². The van der Waals surface area contributed by atoms with E-state index in [0.717, 1.165) is 0 Å². The number of carbonyl (C=O) groups is 1. The predicted octanol–water partition coefficient (Wildman–Crippen LogP) is -1.96. The summed E-state index contributed by atoms with van der Waals surface area (Å²) in [5.41, 5.74) is 5.49. The summed E-state index contributed by atoms with van der Waals surface area (Å²) in [7, 11) is 0. The number of aliphatic hydroxyl groups excluding tert-OH is 1. The molecule has 8 nitrogen and oxygen atoms in total. The average Bonchev–Trinajstić information content (AvgIpc) is 2.74. The number of amides is 1. The molecule has 0 aromatic rings. The summed E-state index contributed by atoms with van der Waals surface area (Å²) >= 11 is 5.59. The monoisotopic (exact) mass is 275 g/mol. The first-order valence-electron chi connectivity index (χ1n) is 5.37. The molecule has 3 atom stereocenters. The molecule has 2 heterocycles. The highest BCUT2D eigenvalue weighted by Crippen LogP contribution is 2.18. The van der Waals surface area contributed by atoms with Crippen molar-refractivity contribution in [1.29, 1.82) is 0 Å². The fourth-order valence-corrected chi connectivity index (χ4v) is 1.84. The smallest absolute Gasteiger partial charge is 0.255 e. The second kappa shape index (κ2) is 5.51. The van der Waals surface area contributed by atoms with Gasteiger partial charge in [-0.2, -0.15) is 0 Å². The summed E-state index contributed by atoms with van der Waals surface area (Å²) in [6.45, 7) is -0.0405. The van der Waals surface area contributed by atoms with Crippen molar-refractivity contribution in [3.05, 3.63) is 0 Å². The van der Waals surface area contributed by atoms with Gasteiger partial charge in [0, 0.05) is 0 Å². The Kier molecular flexibility index (Phi) is 4.00. The minimum absolute atomic E-state index is 0.0628. The summed E-state index contributed by atoms with van der Waals surface area (Å²) in [6.07, 6.45) is 0.533. The van der Waals surface area contributed by atoms with Crippen molar-refractivity contribution >= 4 is 29.8 Å². The number of fused-ring (bicyclic) bond motifs is 1. The van der Waals surface area contributed by atoms with Crippen LogP contribution in [0, 0.1) is 0 Å². The molecule has 2 rings (SSSR count). The minimum atomic E-state index is -0.607. The Morgan fingerprint density at radius 1 is 1.72 bits per heavy atom. The maximum atomic E-state index is 11.6. The van der Waals surface area contributed by atoms with Crippen molar-refractivity contribution in [2.75, 3.05) is 19.2 Å². The first kappa shape index (κ1) is 13.1. The van der Waals surface area contributed by atoms with E-state index in [1.165, 1.54) is 6.34 Å². The van der Waals surface area contributed by atoms with Crippen molar-refractivity contribution < 1.29 is 14.6 Å². The van der Waals surface area contributed by atoms with Gasteiger partial charge in [-0.25, -0.2) is 4.99 Å². The Morgan fingerprint density at radius 2 is 2.50 bits per heavy atom. The predicted molar refractivity (Wildman–Crippen MR) is 65.2 cm³/mol. The van der Waals surface area contributed by atoms with Crippen LogP contribution in [0.4, 0.5) is 0 Å². The highest BCUT2D eigenvalue weighted by Gasteiger charge is 2.39. The van der Waals surface area contributed by atoms with Gasteiger partial charge in [0.1, 0.15) is 6.73 Å². The molecule has 1 amide bonds. The highest BCUT2D eigenvalue weighted by molar-refractivity contribution is 6.18. The molecule has 0 saturated heterocycles. The Morgan fingerprint density at radius 3 is 3.17 bits per heavy atom. The van der Waals surface area contributed by atoms with E-state index in [1.54, 1.807) is 4.90 Å². The zero-order valence-corrected chi connectivity index (χ0v) is 10.2. The second-order valence-electron chi connectivity index (χ2n) is 3.90. The number of halogens is 1. The summed E-state index contributed by atoms with van der Waals surface area (Å²) in [4.78, 5) is 21.3. The molecule has 0 saturated carbocycles. The molecule has 9 heteroatoms. The van der Waals surface area contributed by atoms with Gasteiger partial charge < -0.3 is 20.5 Å². The Hall–Kier alpha value is -1.38. The summed E-state index contributed by atoms with van der Waals surface area (Å²) in [5.74, 6) is -0.0447. The van der Waals surface area contributed by atoms with Gasteiger partial charge in [-0.3, -0.25) is 15.1 Å². The van der Waals surface area contributed by atoms with E-state index >= 15 is 0 Å². The van der Waals surface area contributed by atoms with E-state index in [4.69, 9.17) is 27.2 Å². The van der Waals surface area contributed by atoms with Crippen LogP contribution in [0.1, 0.15) is 0 Å². The number of aliphatic hydroxyl groups is 1. The number of guanidine groups is 1. The first-order chi connectivity index (χ1) is 8.65. The van der Waals surface area contributed by atoms with Crippen LogP contribution < -0.4 is 11.1 Å². The fraction of sp³-hybridized carbons (Fsp3) is 0.667. The van der Waals surface area contributed by atoms with E-state index in [9.17, 15) is 4.79 Å². The number of nitrogens with zero attached hydrogens (tertiary/aromatic N) is 3. The first-order valence-corrected chi connectivity index (χ1v) is 5.90. The molecule has 0 fully saturated rings. The van der Waals surface area contributed by atoms with Crippen LogP contribution in [0.2, 0.25) is 0 Å². The normalized spacial score (nSPS) is 27.8. The van der Waals surface area contributed by atoms with Crippen LogP contribution in [0.3, 0.4) is 0 Å². The number of hydrogen-bond acceptors (Lipinski definition) is 7. The lowest BCUT2D eigenvalue weighted by atomic mass is 10.2. The Labute approximate surface area is 108 Å². The number of alkyl halides is 1. The molecular weight excluding hydrogens is 262 g/mol. The highest BCUT2D eigenvalue weighted by atomic mass is 35.5. The Balaban J connectivity index is 1.97. The number of nitrogens with two attached hydrogens (primary N) is 1. The third-order valence-corrected chi connectivity index (χ3v) is 2.97. The Bertz CT molecular complexity index is 384. The molecule has 100 valence electrons. The maximum absolute atomic E-state index is 11.6. The number of ether oxygens (including phenoxy) is 1. The zero-order chi connectivity index (χ0) is 13.1. The van der Waals surface area contributed by atoms with Gasteiger partial charge in [0.25, 0.3) is 5.91 Å². The van der Waals surface area contributed by atoms with Gasteiger partial charge in [0.05, 0.1) is 24.9 Å². The molecule has 0 spiro atoms. The van der Waals surface area contributed by atoms with E-state index in [1.807, 2.05) is 0 Å². The van der Waals surface area contributed by atoms with E-state index in [0.29, 0.717) is 0 Å². The zero-order valence-electron chi connectivity index (χ0n) is 9.49. The van der Waals surface area contributed by atoms with Crippen LogP contribution in [0.15, 0.2) is 9.98 Å². The van der Waals surface area contributed by atoms with Gasteiger partial charge in [-0.05, 0) is 0 Å². The number of rotatable bonds is 5. The number of nitrogens with one attached hydrogen (secondary N) is 1. The lowest BCUT2D eigenvalue weighted by Gasteiger charge is -2.28. The summed E-state index contributed by atoms with van der Waals surface area (Å²) < 4.78 is 5.35. The molecule has 0 radical (unpaired) electrons. The molecule has 0 aromatic carbocycles. The molecule has 0 aliphatic carbocycles. The third kappa shape index (κ3) is 2.55. The van der Waals surface area contributed by atoms with Crippen molar-refractivity contribution in [3.63, 3.8) is 0 Å². The van der Waals surface area contributed by atoms with Crippen molar-refractivity contribution in [1.82, 2.24) is 10.2 Å². The van der Waals surface area contributed by atoms with Crippen molar-refractivity contribution in [3.8, 4) is 0 Å². The van der Waals surface area contributed by atoms with E-state index < -0.39 is 18.3 Å². The van der Waals surface area contributed by atoms with Crippen LogP contribution in [0.5, 0.6) is 0 Å². The largest absolute Gasteiger partial charge is 0.394 e. The average molecular weight is 276 g/mol. The number of hydrogen-bond donors (Lipinski definition) is 3. The fourth-order valence-electron chi connectivity index (χ4n) is 1.65. The summed E-state index contributed by atoms with van der Waals surface area (Å²) in [6, 6.07) is -0.607. The number of aliphatic imine (C=N–C) groups is 2. The molecule has 4 N–H and O–H groups in total. The van der Waals surface area contributed by atoms with E-state index in [-0.39, 0.29) is 31.1 Å². The van der Waals surface area contributed by atoms with Gasteiger partial charge in [-0.1, -0.05) is 0 Å².